The molecule has 2 atom stereocenters. The molecule has 8 heteroatoms. The lowest BCUT2D eigenvalue weighted by Crippen LogP contribution is -2.52. The van der Waals surface area contributed by atoms with E-state index in [1.807, 2.05) is 36.9 Å². The van der Waals surface area contributed by atoms with Gasteiger partial charge < -0.3 is 15.4 Å². The summed E-state index contributed by atoms with van der Waals surface area (Å²) in [6.07, 6.45) is 3.85. The van der Waals surface area contributed by atoms with Crippen molar-refractivity contribution in [1.29, 1.82) is 0 Å². The minimum Gasteiger partial charge on any atom is -0.445 e. The van der Waals surface area contributed by atoms with E-state index in [1.165, 1.54) is 5.56 Å². The number of amides is 2. The number of hydrogen-bond acceptors (Lipinski definition) is 6. The number of carbonyl (C=O) groups is 3. The maximum atomic E-state index is 12.9. The standard InChI is InChI=1S/C25H32N4O4/c1-18(2)14-21(28-25(32)33-17-20-8-11-26-12-9-20)24(31)27-22-15-29(16-23(22)30)13-10-19-6-4-3-5-7-19/h3-9,11-12,18,21-22H,10,13-17H2,1-2H3,(H,27,31)(H,28,32)/t21-,22?/m0/s1. The summed E-state index contributed by atoms with van der Waals surface area (Å²) in [6.45, 7) is 5.55. The first-order chi connectivity index (χ1) is 15.9. The molecule has 176 valence electrons. The van der Waals surface area contributed by atoms with E-state index in [4.69, 9.17) is 4.74 Å². The maximum absolute atomic E-state index is 12.9. The van der Waals surface area contributed by atoms with Crippen molar-refractivity contribution >= 4 is 17.8 Å². The van der Waals surface area contributed by atoms with E-state index in [0.717, 1.165) is 18.5 Å². The van der Waals surface area contributed by atoms with Gasteiger partial charge in [0.25, 0.3) is 0 Å². The van der Waals surface area contributed by atoms with E-state index >= 15 is 0 Å². The summed E-state index contributed by atoms with van der Waals surface area (Å²) in [6, 6.07) is 12.3. The van der Waals surface area contributed by atoms with Crippen molar-refractivity contribution in [2.24, 2.45) is 5.92 Å². The fourth-order valence-electron chi connectivity index (χ4n) is 3.77. The van der Waals surface area contributed by atoms with Crippen LogP contribution in [0.5, 0.6) is 0 Å². The second kappa shape index (κ2) is 12.1. The number of Topliss-reactive ketones (excluding diaryl/α,β-unsaturated/α-hetero) is 1. The Kier molecular flexibility index (Phi) is 8.95. The van der Waals surface area contributed by atoms with Crippen molar-refractivity contribution < 1.29 is 19.1 Å². The highest BCUT2D eigenvalue weighted by molar-refractivity contribution is 5.94. The van der Waals surface area contributed by atoms with Crippen LogP contribution in [0.3, 0.4) is 0 Å². The molecule has 2 amide bonds. The maximum Gasteiger partial charge on any atom is 0.408 e. The third-order valence-electron chi connectivity index (χ3n) is 5.52. The molecule has 8 nitrogen and oxygen atoms in total. The number of rotatable bonds is 10. The fourth-order valence-corrected chi connectivity index (χ4v) is 3.77. The number of nitrogens with zero attached hydrogens (tertiary/aromatic N) is 2. The monoisotopic (exact) mass is 452 g/mol. The van der Waals surface area contributed by atoms with Gasteiger partial charge in [0.1, 0.15) is 18.7 Å². The first kappa shape index (κ1) is 24.4. The van der Waals surface area contributed by atoms with Crippen LogP contribution in [0, 0.1) is 5.92 Å². The lowest BCUT2D eigenvalue weighted by atomic mass is 10.0. The molecule has 1 aromatic carbocycles. The molecule has 1 aliphatic heterocycles. The van der Waals surface area contributed by atoms with Gasteiger partial charge in [-0.25, -0.2) is 4.79 Å². The number of benzene rings is 1. The molecule has 2 heterocycles. The average Bonchev–Trinajstić information content (AvgIpc) is 3.16. The molecule has 1 fully saturated rings. The number of nitrogens with one attached hydrogen (secondary N) is 2. The number of ketones is 1. The van der Waals surface area contributed by atoms with Gasteiger partial charge in [-0.05, 0) is 42.0 Å². The summed E-state index contributed by atoms with van der Waals surface area (Å²) in [5.41, 5.74) is 2.01. The SMILES string of the molecule is CC(C)C[C@H](NC(=O)OCc1ccncc1)C(=O)NC1CN(CCc2ccccc2)CC1=O. The summed E-state index contributed by atoms with van der Waals surface area (Å²) in [5.74, 6) is -0.212. The third-order valence-corrected chi connectivity index (χ3v) is 5.52. The predicted octanol–water partition coefficient (Wildman–Crippen LogP) is 2.33. The van der Waals surface area contributed by atoms with E-state index in [0.29, 0.717) is 19.5 Å². The van der Waals surface area contributed by atoms with Crippen molar-refractivity contribution in [3.8, 4) is 0 Å². The van der Waals surface area contributed by atoms with Gasteiger partial charge in [-0.15, -0.1) is 0 Å². The van der Waals surface area contributed by atoms with Gasteiger partial charge in [-0.1, -0.05) is 44.2 Å². The van der Waals surface area contributed by atoms with Crippen LogP contribution in [-0.2, 0) is 27.4 Å². The van der Waals surface area contributed by atoms with Crippen LogP contribution < -0.4 is 10.6 Å². The summed E-state index contributed by atoms with van der Waals surface area (Å²) in [5, 5.41) is 5.48. The summed E-state index contributed by atoms with van der Waals surface area (Å²) in [7, 11) is 0. The van der Waals surface area contributed by atoms with Crippen LogP contribution in [0.15, 0.2) is 54.9 Å². The molecule has 1 aliphatic rings. The Morgan fingerprint density at radius 3 is 2.55 bits per heavy atom. The normalized spacial score (nSPS) is 17.1. The van der Waals surface area contributed by atoms with E-state index in [-0.39, 0.29) is 24.2 Å². The molecule has 0 aliphatic carbocycles. The van der Waals surface area contributed by atoms with Crippen molar-refractivity contribution in [2.45, 2.75) is 45.4 Å². The third kappa shape index (κ3) is 7.98. The van der Waals surface area contributed by atoms with Gasteiger partial charge in [0.15, 0.2) is 5.78 Å². The van der Waals surface area contributed by atoms with Crippen LogP contribution in [0.2, 0.25) is 0 Å². The van der Waals surface area contributed by atoms with Crippen molar-refractivity contribution in [3.05, 3.63) is 66.0 Å². The first-order valence-electron chi connectivity index (χ1n) is 11.3. The number of hydrogen-bond donors (Lipinski definition) is 2. The highest BCUT2D eigenvalue weighted by Crippen LogP contribution is 2.11. The molecule has 0 radical (unpaired) electrons. The second-order valence-corrected chi connectivity index (χ2v) is 8.76. The number of likely N-dealkylation sites (tertiary alicyclic amines) is 1. The summed E-state index contributed by atoms with van der Waals surface area (Å²) >= 11 is 0. The Hall–Kier alpha value is -3.26. The summed E-state index contributed by atoms with van der Waals surface area (Å²) < 4.78 is 5.24. The minimum absolute atomic E-state index is 0.0139. The molecule has 2 aromatic rings. The molecule has 1 aromatic heterocycles. The highest BCUT2D eigenvalue weighted by atomic mass is 16.5. The van der Waals surface area contributed by atoms with Gasteiger partial charge in [-0.2, -0.15) is 0 Å². The second-order valence-electron chi connectivity index (χ2n) is 8.76. The molecular weight excluding hydrogens is 420 g/mol. The van der Waals surface area contributed by atoms with Crippen molar-refractivity contribution in [1.82, 2.24) is 20.5 Å². The molecule has 1 saturated heterocycles. The molecule has 33 heavy (non-hydrogen) atoms. The van der Waals surface area contributed by atoms with Gasteiger partial charge in [-0.3, -0.25) is 19.5 Å². The Labute approximate surface area is 194 Å². The molecule has 0 bridgehead atoms. The Morgan fingerprint density at radius 1 is 1.12 bits per heavy atom. The molecule has 0 spiro atoms. The Bertz CT molecular complexity index is 921. The zero-order valence-corrected chi connectivity index (χ0v) is 19.2. The van der Waals surface area contributed by atoms with Crippen molar-refractivity contribution in [2.75, 3.05) is 19.6 Å². The fraction of sp³-hybridized carbons (Fsp3) is 0.440. The van der Waals surface area contributed by atoms with Crippen LogP contribution in [0.4, 0.5) is 4.79 Å². The quantitative estimate of drug-likeness (QED) is 0.574. The smallest absolute Gasteiger partial charge is 0.408 e. The molecule has 2 N–H and O–H groups in total. The van der Waals surface area contributed by atoms with Gasteiger partial charge >= 0.3 is 6.09 Å². The van der Waals surface area contributed by atoms with Crippen LogP contribution in [0.25, 0.3) is 0 Å². The highest BCUT2D eigenvalue weighted by Gasteiger charge is 2.33. The summed E-state index contributed by atoms with van der Waals surface area (Å²) in [4.78, 5) is 43.7. The number of aromatic nitrogens is 1. The largest absolute Gasteiger partial charge is 0.445 e. The number of alkyl carbamates (subject to hydrolysis) is 1. The van der Waals surface area contributed by atoms with Gasteiger partial charge in [0.05, 0.1) is 6.54 Å². The molecular formula is C25H32N4O4. The number of carbonyl (C=O) groups excluding carboxylic acids is 3. The molecule has 0 saturated carbocycles. The lowest BCUT2D eigenvalue weighted by molar-refractivity contribution is -0.127. The van der Waals surface area contributed by atoms with Crippen LogP contribution in [0.1, 0.15) is 31.4 Å². The molecule has 3 rings (SSSR count). The average molecular weight is 453 g/mol. The lowest BCUT2D eigenvalue weighted by Gasteiger charge is -2.22. The van der Waals surface area contributed by atoms with E-state index < -0.39 is 18.2 Å². The van der Waals surface area contributed by atoms with E-state index in [2.05, 4.69) is 27.8 Å². The van der Waals surface area contributed by atoms with E-state index in [1.54, 1.807) is 24.5 Å². The van der Waals surface area contributed by atoms with E-state index in [9.17, 15) is 14.4 Å². The zero-order valence-electron chi connectivity index (χ0n) is 19.2. The predicted molar refractivity (Wildman–Crippen MR) is 124 cm³/mol. The number of ether oxygens (including phenoxy) is 1. The van der Waals surface area contributed by atoms with Crippen LogP contribution >= 0.6 is 0 Å². The first-order valence-corrected chi connectivity index (χ1v) is 11.3. The van der Waals surface area contributed by atoms with Gasteiger partial charge in [0.2, 0.25) is 5.91 Å². The minimum atomic E-state index is -0.777. The Morgan fingerprint density at radius 2 is 1.85 bits per heavy atom. The number of pyridine rings is 1. The van der Waals surface area contributed by atoms with Crippen LogP contribution in [-0.4, -0.2) is 59.4 Å². The van der Waals surface area contributed by atoms with Gasteiger partial charge in [0, 0.05) is 25.5 Å². The molecule has 1 unspecified atom stereocenters. The zero-order chi connectivity index (χ0) is 23.6. The van der Waals surface area contributed by atoms with Crippen molar-refractivity contribution in [3.63, 3.8) is 0 Å². The Balaban J connectivity index is 1.50. The topological polar surface area (TPSA) is 101 Å².